The number of carboxylic acid groups (broad SMARTS) is 1. The third-order valence-corrected chi connectivity index (χ3v) is 9.00. The summed E-state index contributed by atoms with van der Waals surface area (Å²) in [6, 6.07) is 0. The maximum atomic E-state index is 12.3. The predicted molar refractivity (Wildman–Crippen MR) is 98.1 cm³/mol. The minimum atomic E-state index is -1.51. The largest absolute Gasteiger partial charge is 0.511 e. The number of ether oxygens (including phenoxy) is 1. The second kappa shape index (κ2) is 5.35. The minimum Gasteiger partial charge on any atom is -0.449 e. The molecule has 0 aliphatic heterocycles. The van der Waals surface area contributed by atoms with Crippen LogP contribution in [0.25, 0.3) is 0 Å². The number of fused-ring (bicyclic) bond motifs is 6. The summed E-state index contributed by atoms with van der Waals surface area (Å²) in [6.07, 6.45) is 5.85. The van der Waals surface area contributed by atoms with Crippen molar-refractivity contribution in [3.8, 4) is 0 Å². The summed E-state index contributed by atoms with van der Waals surface area (Å²) < 4.78 is 4.75. The topological polar surface area (TPSA) is 101 Å². The van der Waals surface area contributed by atoms with Crippen molar-refractivity contribution < 1.29 is 29.3 Å². The van der Waals surface area contributed by atoms with Gasteiger partial charge < -0.3 is 14.9 Å². The number of carbonyl (C=O) groups excluding carboxylic acids is 2. The van der Waals surface area contributed by atoms with Crippen LogP contribution in [-0.4, -0.2) is 34.0 Å². The molecule has 7 atom stereocenters. The molecule has 0 aromatic heterocycles. The number of Topliss-reactive ketones (excluding diaryl/α,β-unsaturated/α-hetero) is 1. The van der Waals surface area contributed by atoms with Crippen molar-refractivity contribution in [2.75, 3.05) is 0 Å². The molecule has 150 valence electrons. The highest BCUT2D eigenvalue weighted by Crippen LogP contribution is 2.75. The van der Waals surface area contributed by atoms with Gasteiger partial charge in [-0.25, -0.2) is 4.79 Å². The van der Waals surface area contributed by atoms with Crippen LogP contribution < -0.4 is 0 Å². The zero-order valence-electron chi connectivity index (χ0n) is 16.2. The maximum absolute atomic E-state index is 12.3. The number of allylic oxidation sites excluding steroid dienone is 3. The van der Waals surface area contributed by atoms with E-state index >= 15 is 0 Å². The molecule has 5 rings (SSSR count). The number of aliphatic hydroxyl groups excluding tert-OH is 1. The van der Waals surface area contributed by atoms with E-state index in [1.807, 2.05) is 6.92 Å². The Hall–Kier alpha value is -1.95. The maximum Gasteiger partial charge on any atom is 0.511 e. The average molecular weight is 386 g/mol. The summed E-state index contributed by atoms with van der Waals surface area (Å²) in [5, 5.41) is 20.3. The van der Waals surface area contributed by atoms with Crippen LogP contribution in [0.15, 0.2) is 23.5 Å². The van der Waals surface area contributed by atoms with Crippen LogP contribution in [0.1, 0.15) is 52.4 Å². The standard InChI is InChI=1S/C22H26O6/c1-20-9-16(28-19(26)27)14(23)7-11(20)3-4-12-13-5-6-22(10-17(22)25)21(13,2)8-15(24)18(12)20/h7,9,12-13,15,18,24H,3-6,8,10H2,1-2H3,(H,26,27)/t12-,13-,15-,18+,20-,21-,22+/m0/s1. The highest BCUT2D eigenvalue weighted by molar-refractivity contribution is 6.05. The number of rotatable bonds is 1. The number of ketones is 2. The van der Waals surface area contributed by atoms with Crippen LogP contribution in [0.3, 0.4) is 0 Å². The lowest BCUT2D eigenvalue weighted by molar-refractivity contribution is -0.132. The van der Waals surface area contributed by atoms with E-state index in [1.54, 1.807) is 6.08 Å². The van der Waals surface area contributed by atoms with Crippen LogP contribution >= 0.6 is 0 Å². The first-order valence-electron chi connectivity index (χ1n) is 10.2. The Morgan fingerprint density at radius 1 is 1.25 bits per heavy atom. The van der Waals surface area contributed by atoms with E-state index in [0.717, 1.165) is 31.3 Å². The third-order valence-electron chi connectivity index (χ3n) is 9.00. The molecule has 0 amide bonds. The van der Waals surface area contributed by atoms with Crippen LogP contribution in [-0.2, 0) is 14.3 Å². The quantitative estimate of drug-likeness (QED) is 0.671. The van der Waals surface area contributed by atoms with Gasteiger partial charge in [-0.05, 0) is 61.5 Å². The first-order chi connectivity index (χ1) is 13.1. The monoisotopic (exact) mass is 386 g/mol. The fourth-order valence-corrected chi connectivity index (χ4v) is 7.66. The Labute approximate surface area is 163 Å². The second-order valence-electron chi connectivity index (χ2n) is 9.94. The van der Waals surface area contributed by atoms with Crippen molar-refractivity contribution in [2.24, 2.45) is 34.0 Å². The van der Waals surface area contributed by atoms with Crippen molar-refractivity contribution in [3.05, 3.63) is 23.5 Å². The molecule has 6 nitrogen and oxygen atoms in total. The highest BCUT2D eigenvalue weighted by atomic mass is 16.7. The number of carbonyl (C=O) groups is 3. The smallest absolute Gasteiger partial charge is 0.449 e. The fraction of sp³-hybridized carbons (Fsp3) is 0.682. The number of hydrogen-bond acceptors (Lipinski definition) is 5. The van der Waals surface area contributed by atoms with Crippen LogP contribution in [0, 0.1) is 34.0 Å². The molecule has 5 aliphatic carbocycles. The zero-order chi connectivity index (χ0) is 20.1. The number of aliphatic hydroxyl groups is 1. The fourth-order valence-electron chi connectivity index (χ4n) is 7.66. The summed E-state index contributed by atoms with van der Waals surface area (Å²) in [6.45, 7) is 4.19. The van der Waals surface area contributed by atoms with Gasteiger partial charge >= 0.3 is 6.16 Å². The Bertz CT molecular complexity index is 870. The molecule has 2 N–H and O–H groups in total. The van der Waals surface area contributed by atoms with Gasteiger partial charge in [0.15, 0.2) is 5.76 Å². The Morgan fingerprint density at radius 2 is 1.96 bits per heavy atom. The number of hydrogen-bond donors (Lipinski definition) is 2. The van der Waals surface area contributed by atoms with E-state index < -0.39 is 23.5 Å². The summed E-state index contributed by atoms with van der Waals surface area (Å²) in [7, 11) is 0. The molecule has 0 saturated heterocycles. The molecule has 0 aromatic carbocycles. The summed E-state index contributed by atoms with van der Waals surface area (Å²) in [5.41, 5.74) is -0.0339. The molecule has 0 aromatic rings. The van der Waals surface area contributed by atoms with Gasteiger partial charge in [-0.15, -0.1) is 0 Å². The summed E-state index contributed by atoms with van der Waals surface area (Å²) >= 11 is 0. The first kappa shape index (κ1) is 18.1. The summed E-state index contributed by atoms with van der Waals surface area (Å²) in [4.78, 5) is 35.6. The van der Waals surface area contributed by atoms with Gasteiger partial charge in [-0.1, -0.05) is 19.4 Å². The normalized spacial score (nSPS) is 49.0. The van der Waals surface area contributed by atoms with Crippen molar-refractivity contribution in [3.63, 3.8) is 0 Å². The van der Waals surface area contributed by atoms with Crippen LogP contribution in [0.4, 0.5) is 4.79 Å². The zero-order valence-corrected chi connectivity index (χ0v) is 16.2. The molecule has 1 spiro atoms. The Balaban J connectivity index is 1.55. The van der Waals surface area contributed by atoms with Crippen LogP contribution in [0.2, 0.25) is 0 Å². The summed E-state index contributed by atoms with van der Waals surface area (Å²) in [5.74, 6) is 0.285. The van der Waals surface area contributed by atoms with E-state index in [-0.39, 0.29) is 28.4 Å². The molecule has 4 fully saturated rings. The second-order valence-corrected chi connectivity index (χ2v) is 9.94. The molecule has 4 saturated carbocycles. The van der Waals surface area contributed by atoms with Crippen molar-refractivity contribution in [1.82, 2.24) is 0 Å². The van der Waals surface area contributed by atoms with Gasteiger partial charge in [0.25, 0.3) is 0 Å². The molecule has 5 aliphatic rings. The molecule has 0 bridgehead atoms. The lowest BCUT2D eigenvalue weighted by atomic mass is 9.46. The molecule has 0 unspecified atom stereocenters. The molecule has 0 heterocycles. The molecule has 0 radical (unpaired) electrons. The van der Waals surface area contributed by atoms with Gasteiger partial charge in [-0.2, -0.15) is 0 Å². The van der Waals surface area contributed by atoms with Crippen molar-refractivity contribution in [1.29, 1.82) is 0 Å². The van der Waals surface area contributed by atoms with Crippen LogP contribution in [0.5, 0.6) is 0 Å². The minimum absolute atomic E-state index is 0.102. The molecule has 28 heavy (non-hydrogen) atoms. The molecular weight excluding hydrogens is 360 g/mol. The lowest BCUT2D eigenvalue weighted by Crippen LogP contribution is -2.56. The van der Waals surface area contributed by atoms with Gasteiger partial charge in [0.2, 0.25) is 5.78 Å². The van der Waals surface area contributed by atoms with E-state index in [4.69, 9.17) is 9.84 Å². The first-order valence-corrected chi connectivity index (χ1v) is 10.2. The predicted octanol–water partition coefficient (Wildman–Crippen LogP) is 3.25. The Morgan fingerprint density at radius 3 is 2.61 bits per heavy atom. The van der Waals surface area contributed by atoms with Crippen molar-refractivity contribution >= 4 is 17.7 Å². The van der Waals surface area contributed by atoms with Gasteiger partial charge in [0.05, 0.1) is 6.10 Å². The third kappa shape index (κ3) is 2.04. The van der Waals surface area contributed by atoms with E-state index in [0.29, 0.717) is 24.5 Å². The molecule has 6 heteroatoms. The van der Waals surface area contributed by atoms with Gasteiger partial charge in [0.1, 0.15) is 5.78 Å². The lowest BCUT2D eigenvalue weighted by Gasteiger charge is -2.58. The van der Waals surface area contributed by atoms with Gasteiger partial charge in [0, 0.05) is 23.2 Å². The Kier molecular flexibility index (Phi) is 3.46. The highest BCUT2D eigenvalue weighted by Gasteiger charge is 2.74. The van der Waals surface area contributed by atoms with E-state index in [9.17, 15) is 19.5 Å². The van der Waals surface area contributed by atoms with Crippen molar-refractivity contribution in [2.45, 2.75) is 58.5 Å². The molecular formula is C22H26O6. The SMILES string of the molecule is C[C@]12C=C(OC(=O)O)C(=O)C=C1CC[C@@H]1[C@@H]2[C@@H](O)C[C@@]2(C)[C@H]1CC[C@]21CC1=O. The van der Waals surface area contributed by atoms with E-state index in [1.165, 1.54) is 6.08 Å². The van der Waals surface area contributed by atoms with Gasteiger partial charge in [-0.3, -0.25) is 9.59 Å². The average Bonchev–Trinajstić information content (AvgIpc) is 3.17. The van der Waals surface area contributed by atoms with E-state index in [2.05, 4.69) is 6.92 Å².